The zero-order valence-corrected chi connectivity index (χ0v) is 16.6. The SMILES string of the molecule is CN1CCC(c2nnc(N3CCC4(CC(=O)c5ccccc5O4)C3)n2C)CC1. The zero-order chi connectivity index (χ0) is 19.3. The summed E-state index contributed by atoms with van der Waals surface area (Å²) < 4.78 is 8.50. The Morgan fingerprint density at radius 2 is 1.89 bits per heavy atom. The highest BCUT2D eigenvalue weighted by Gasteiger charge is 2.46. The molecule has 1 aromatic heterocycles. The van der Waals surface area contributed by atoms with Crippen molar-refractivity contribution in [3.63, 3.8) is 0 Å². The predicted molar refractivity (Wildman–Crippen MR) is 106 cm³/mol. The minimum Gasteiger partial charge on any atom is -0.484 e. The first kappa shape index (κ1) is 17.7. The van der Waals surface area contributed by atoms with Crippen molar-refractivity contribution >= 4 is 11.7 Å². The van der Waals surface area contributed by atoms with Crippen molar-refractivity contribution in [3.8, 4) is 5.75 Å². The summed E-state index contributed by atoms with van der Waals surface area (Å²) in [6.07, 6.45) is 3.51. The molecule has 0 radical (unpaired) electrons. The molecule has 5 rings (SSSR count). The summed E-state index contributed by atoms with van der Waals surface area (Å²) >= 11 is 0. The van der Waals surface area contributed by atoms with E-state index in [0.717, 1.165) is 50.7 Å². The standard InChI is InChI=1S/C21H27N5O2/c1-24-10-7-15(8-11-24)19-22-23-20(25(19)2)26-12-9-21(14-26)13-17(27)16-5-3-4-6-18(16)28-21/h3-6,15H,7-14H2,1-2H3. The molecule has 0 saturated carbocycles. The molecule has 2 fully saturated rings. The lowest BCUT2D eigenvalue weighted by molar-refractivity contribution is 0.0538. The second-order valence-electron chi connectivity index (χ2n) is 8.55. The van der Waals surface area contributed by atoms with E-state index < -0.39 is 5.60 Å². The summed E-state index contributed by atoms with van der Waals surface area (Å²) in [5, 5.41) is 9.06. The number of hydrogen-bond acceptors (Lipinski definition) is 6. The number of ketones is 1. The molecule has 7 heteroatoms. The number of hydrogen-bond donors (Lipinski definition) is 0. The first-order chi connectivity index (χ1) is 13.5. The van der Waals surface area contributed by atoms with Gasteiger partial charge in [-0.1, -0.05) is 12.1 Å². The maximum Gasteiger partial charge on any atom is 0.227 e. The van der Waals surface area contributed by atoms with Gasteiger partial charge in [0.15, 0.2) is 5.78 Å². The zero-order valence-electron chi connectivity index (χ0n) is 16.6. The van der Waals surface area contributed by atoms with E-state index in [2.05, 4.69) is 38.7 Å². The number of para-hydroxylation sites is 1. The summed E-state index contributed by atoms with van der Waals surface area (Å²) in [6.45, 7) is 3.71. The molecule has 0 N–H and O–H groups in total. The second-order valence-corrected chi connectivity index (χ2v) is 8.55. The maximum atomic E-state index is 12.7. The van der Waals surface area contributed by atoms with Crippen LogP contribution in [0, 0.1) is 0 Å². The Labute approximate surface area is 165 Å². The third-order valence-electron chi connectivity index (χ3n) is 6.57. The maximum absolute atomic E-state index is 12.7. The first-order valence-corrected chi connectivity index (χ1v) is 10.2. The Kier molecular flexibility index (Phi) is 4.16. The van der Waals surface area contributed by atoms with Gasteiger partial charge in [0.05, 0.1) is 18.5 Å². The van der Waals surface area contributed by atoms with Crippen LogP contribution in [0.2, 0.25) is 0 Å². The average Bonchev–Trinajstić information content (AvgIpc) is 3.26. The van der Waals surface area contributed by atoms with E-state index in [9.17, 15) is 4.79 Å². The quantitative estimate of drug-likeness (QED) is 0.795. The van der Waals surface area contributed by atoms with Gasteiger partial charge >= 0.3 is 0 Å². The number of likely N-dealkylation sites (tertiary alicyclic amines) is 1. The van der Waals surface area contributed by atoms with Crippen molar-refractivity contribution in [2.24, 2.45) is 7.05 Å². The van der Waals surface area contributed by atoms with Crippen LogP contribution in [0.1, 0.15) is 47.8 Å². The van der Waals surface area contributed by atoms with E-state index in [0.29, 0.717) is 30.2 Å². The van der Waals surface area contributed by atoms with Crippen molar-refractivity contribution in [2.45, 2.75) is 37.2 Å². The normalized spacial score (nSPS) is 25.9. The van der Waals surface area contributed by atoms with Gasteiger partial charge in [-0.15, -0.1) is 10.2 Å². The minimum atomic E-state index is -0.453. The van der Waals surface area contributed by atoms with Gasteiger partial charge in [-0.3, -0.25) is 4.79 Å². The van der Waals surface area contributed by atoms with Crippen molar-refractivity contribution in [1.82, 2.24) is 19.7 Å². The summed E-state index contributed by atoms with van der Waals surface area (Å²) in [4.78, 5) is 17.3. The number of ether oxygens (including phenoxy) is 1. The van der Waals surface area contributed by atoms with Crippen molar-refractivity contribution in [3.05, 3.63) is 35.7 Å². The fourth-order valence-electron chi connectivity index (χ4n) is 4.92. The molecule has 3 aliphatic heterocycles. The molecule has 28 heavy (non-hydrogen) atoms. The number of carbonyl (C=O) groups is 1. The van der Waals surface area contributed by atoms with Crippen molar-refractivity contribution in [1.29, 1.82) is 0 Å². The fourth-order valence-corrected chi connectivity index (χ4v) is 4.92. The van der Waals surface area contributed by atoms with Crippen LogP contribution in [-0.2, 0) is 7.05 Å². The average molecular weight is 381 g/mol. The van der Waals surface area contributed by atoms with Gasteiger partial charge in [0, 0.05) is 25.9 Å². The van der Waals surface area contributed by atoms with Gasteiger partial charge in [-0.2, -0.15) is 0 Å². The number of piperidine rings is 1. The molecular weight excluding hydrogens is 354 g/mol. The van der Waals surface area contributed by atoms with Crippen LogP contribution >= 0.6 is 0 Å². The second kappa shape index (κ2) is 6.58. The third kappa shape index (κ3) is 2.89. The first-order valence-electron chi connectivity index (χ1n) is 10.2. The molecule has 1 aromatic carbocycles. The Morgan fingerprint density at radius 1 is 1.11 bits per heavy atom. The highest BCUT2D eigenvalue weighted by molar-refractivity contribution is 6.00. The summed E-state index contributed by atoms with van der Waals surface area (Å²) in [5.74, 6) is 3.33. The van der Waals surface area contributed by atoms with Gasteiger partial charge in [0.1, 0.15) is 17.2 Å². The molecule has 2 saturated heterocycles. The molecule has 1 atom stereocenters. The van der Waals surface area contributed by atoms with Crippen molar-refractivity contribution in [2.75, 3.05) is 38.1 Å². The molecule has 4 heterocycles. The lowest BCUT2D eigenvalue weighted by Gasteiger charge is -2.34. The number of Topliss-reactive ketones (excluding diaryl/α,β-unsaturated/α-hetero) is 1. The van der Waals surface area contributed by atoms with Crippen LogP contribution in [0.3, 0.4) is 0 Å². The Morgan fingerprint density at radius 3 is 2.71 bits per heavy atom. The van der Waals surface area contributed by atoms with E-state index in [1.807, 2.05) is 24.3 Å². The molecule has 7 nitrogen and oxygen atoms in total. The molecule has 1 spiro atoms. The monoisotopic (exact) mass is 381 g/mol. The number of carbonyl (C=O) groups excluding carboxylic acids is 1. The van der Waals surface area contributed by atoms with Gasteiger partial charge < -0.3 is 19.1 Å². The predicted octanol–water partition coefficient (Wildman–Crippen LogP) is 2.24. The fraction of sp³-hybridized carbons (Fsp3) is 0.571. The summed E-state index contributed by atoms with van der Waals surface area (Å²) in [7, 11) is 4.24. The summed E-state index contributed by atoms with van der Waals surface area (Å²) in [5.41, 5.74) is 0.250. The molecule has 2 aromatic rings. The van der Waals surface area contributed by atoms with Crippen molar-refractivity contribution < 1.29 is 9.53 Å². The van der Waals surface area contributed by atoms with Crippen LogP contribution < -0.4 is 9.64 Å². The number of nitrogens with zero attached hydrogens (tertiary/aromatic N) is 5. The van der Waals surface area contributed by atoms with Crippen LogP contribution in [0.25, 0.3) is 0 Å². The Balaban J connectivity index is 1.35. The van der Waals surface area contributed by atoms with E-state index in [1.165, 1.54) is 0 Å². The topological polar surface area (TPSA) is 63.5 Å². The number of anilines is 1. The molecule has 0 bridgehead atoms. The largest absolute Gasteiger partial charge is 0.484 e. The van der Waals surface area contributed by atoms with Crippen LogP contribution in [0.15, 0.2) is 24.3 Å². The molecule has 0 aliphatic carbocycles. The molecule has 3 aliphatic rings. The molecule has 0 amide bonds. The van der Waals surface area contributed by atoms with Gasteiger partial charge in [0.25, 0.3) is 0 Å². The molecule has 1 unspecified atom stereocenters. The van der Waals surface area contributed by atoms with Crippen LogP contribution in [0.5, 0.6) is 5.75 Å². The van der Waals surface area contributed by atoms with Gasteiger partial charge in [-0.25, -0.2) is 0 Å². The summed E-state index contributed by atoms with van der Waals surface area (Å²) in [6, 6.07) is 7.57. The van der Waals surface area contributed by atoms with Gasteiger partial charge in [-0.05, 0) is 45.1 Å². The van der Waals surface area contributed by atoms with E-state index in [-0.39, 0.29) is 5.78 Å². The Bertz CT molecular complexity index is 902. The Hall–Kier alpha value is -2.41. The van der Waals surface area contributed by atoms with Gasteiger partial charge in [0.2, 0.25) is 5.95 Å². The lowest BCUT2D eigenvalue weighted by Crippen LogP contribution is -2.44. The number of benzene rings is 1. The van der Waals surface area contributed by atoms with Crippen LogP contribution in [-0.4, -0.2) is 64.3 Å². The van der Waals surface area contributed by atoms with Crippen LogP contribution in [0.4, 0.5) is 5.95 Å². The lowest BCUT2D eigenvalue weighted by atomic mass is 9.89. The third-order valence-corrected chi connectivity index (χ3v) is 6.57. The number of rotatable bonds is 2. The number of fused-ring (bicyclic) bond motifs is 1. The highest BCUT2D eigenvalue weighted by Crippen LogP contribution is 2.40. The minimum absolute atomic E-state index is 0.175. The highest BCUT2D eigenvalue weighted by atomic mass is 16.5. The number of aromatic nitrogens is 3. The van der Waals surface area contributed by atoms with E-state index in [4.69, 9.17) is 4.74 Å². The molecule has 148 valence electrons. The molecular formula is C21H27N5O2. The van der Waals surface area contributed by atoms with E-state index >= 15 is 0 Å². The van der Waals surface area contributed by atoms with E-state index in [1.54, 1.807) is 0 Å². The smallest absolute Gasteiger partial charge is 0.227 e.